The van der Waals surface area contributed by atoms with E-state index in [0.29, 0.717) is 28.3 Å². The van der Waals surface area contributed by atoms with Gasteiger partial charge in [-0.1, -0.05) is 12.1 Å². The summed E-state index contributed by atoms with van der Waals surface area (Å²) in [6.07, 6.45) is 5.31. The minimum atomic E-state index is -0.417. The molecule has 0 fully saturated rings. The van der Waals surface area contributed by atoms with E-state index in [1.807, 2.05) is 24.4 Å². The number of nitrogens with one attached hydrogen (secondary N) is 1. The quantitative estimate of drug-likeness (QED) is 0.502. The fourth-order valence-corrected chi connectivity index (χ4v) is 3.22. The van der Waals surface area contributed by atoms with Gasteiger partial charge in [0.1, 0.15) is 11.6 Å². The van der Waals surface area contributed by atoms with Gasteiger partial charge in [0.05, 0.1) is 30.2 Å². The number of aromatic amines is 1. The molecule has 8 heteroatoms. The molecule has 3 heterocycles. The third-order valence-electron chi connectivity index (χ3n) is 4.65. The van der Waals surface area contributed by atoms with Crippen molar-refractivity contribution in [3.05, 3.63) is 60.8 Å². The van der Waals surface area contributed by atoms with Gasteiger partial charge in [-0.05, 0) is 18.2 Å². The third-order valence-corrected chi connectivity index (χ3v) is 4.65. The summed E-state index contributed by atoms with van der Waals surface area (Å²) in [5.41, 5.74) is 9.91. The molecular formula is C20H15FN6O. The fourth-order valence-electron chi connectivity index (χ4n) is 3.22. The number of hydrogen-bond acceptors (Lipinski definition) is 5. The zero-order valence-electron chi connectivity index (χ0n) is 14.8. The molecule has 5 aromatic rings. The van der Waals surface area contributed by atoms with Crippen LogP contribution in [0.15, 0.2) is 55.0 Å². The van der Waals surface area contributed by atoms with Crippen molar-refractivity contribution in [3.8, 4) is 28.3 Å². The number of imidazole rings is 1. The molecular weight excluding hydrogens is 359 g/mol. The first-order chi connectivity index (χ1) is 13.6. The van der Waals surface area contributed by atoms with Gasteiger partial charge in [-0.3, -0.25) is 5.10 Å². The fraction of sp³-hybridized carbons (Fsp3) is 0.0500. The van der Waals surface area contributed by atoms with Crippen LogP contribution in [0.5, 0.6) is 5.75 Å². The Hall–Kier alpha value is -3.94. The van der Waals surface area contributed by atoms with Crippen LogP contribution >= 0.6 is 0 Å². The maximum absolute atomic E-state index is 14.4. The molecule has 3 N–H and O–H groups in total. The van der Waals surface area contributed by atoms with Crippen LogP contribution in [-0.4, -0.2) is 31.7 Å². The lowest BCUT2D eigenvalue weighted by atomic mass is 10.1. The van der Waals surface area contributed by atoms with Crippen LogP contribution in [0.3, 0.4) is 0 Å². The molecule has 0 atom stereocenters. The lowest BCUT2D eigenvalue weighted by molar-refractivity contribution is 0.411. The monoisotopic (exact) mass is 374 g/mol. The Morgan fingerprint density at radius 2 is 1.93 bits per heavy atom. The summed E-state index contributed by atoms with van der Waals surface area (Å²) in [6, 6.07) is 10.5. The van der Waals surface area contributed by atoms with Crippen LogP contribution in [-0.2, 0) is 0 Å². The lowest BCUT2D eigenvalue weighted by Gasteiger charge is -2.04. The number of nitrogen functional groups attached to an aromatic ring is 1. The van der Waals surface area contributed by atoms with E-state index in [1.165, 1.54) is 13.2 Å². The molecule has 0 bridgehead atoms. The van der Waals surface area contributed by atoms with Crippen molar-refractivity contribution in [2.45, 2.75) is 0 Å². The summed E-state index contributed by atoms with van der Waals surface area (Å²) in [5, 5.41) is 7.99. The number of rotatable bonds is 3. The molecule has 0 unspecified atom stereocenters. The van der Waals surface area contributed by atoms with Crippen LogP contribution in [0, 0.1) is 5.82 Å². The number of halogens is 1. The standard InChI is InChI=1S/C20H15FN6O/c1-28-13-4-5-14(15(21)7-13)18-10-27-9-17(24-19(22)20(27)25-18)11-2-3-12-8-23-26-16(12)6-11/h2-10H,1H3,(H2,22,24)(H,23,26). The summed E-state index contributed by atoms with van der Waals surface area (Å²) in [4.78, 5) is 8.92. The average Bonchev–Trinajstić information content (AvgIpc) is 3.34. The minimum absolute atomic E-state index is 0.266. The maximum atomic E-state index is 14.4. The number of nitrogens with zero attached hydrogens (tertiary/aromatic N) is 4. The Morgan fingerprint density at radius 1 is 1.07 bits per heavy atom. The van der Waals surface area contributed by atoms with Gasteiger partial charge in [-0.2, -0.15) is 5.10 Å². The molecule has 0 aliphatic rings. The van der Waals surface area contributed by atoms with Crippen LogP contribution in [0.4, 0.5) is 10.2 Å². The van der Waals surface area contributed by atoms with Gasteiger partial charge in [0.2, 0.25) is 0 Å². The predicted molar refractivity (Wildman–Crippen MR) is 104 cm³/mol. The molecule has 0 radical (unpaired) electrons. The summed E-state index contributed by atoms with van der Waals surface area (Å²) in [7, 11) is 1.49. The molecule has 7 nitrogen and oxygen atoms in total. The number of ether oxygens (including phenoxy) is 1. The molecule has 0 aliphatic heterocycles. The van der Waals surface area contributed by atoms with Crippen LogP contribution in [0.1, 0.15) is 0 Å². The first-order valence-corrected chi connectivity index (χ1v) is 8.55. The molecule has 138 valence electrons. The second-order valence-corrected chi connectivity index (χ2v) is 6.39. The van der Waals surface area contributed by atoms with Crippen LogP contribution in [0.25, 0.3) is 39.1 Å². The number of fused-ring (bicyclic) bond motifs is 2. The van der Waals surface area contributed by atoms with Gasteiger partial charge in [0.15, 0.2) is 11.5 Å². The highest BCUT2D eigenvalue weighted by molar-refractivity contribution is 5.83. The highest BCUT2D eigenvalue weighted by Gasteiger charge is 2.14. The van der Waals surface area contributed by atoms with Crippen molar-refractivity contribution in [1.29, 1.82) is 0 Å². The maximum Gasteiger partial charge on any atom is 0.180 e. The third kappa shape index (κ3) is 2.54. The molecule has 0 saturated carbocycles. The van der Waals surface area contributed by atoms with E-state index in [1.54, 1.807) is 28.9 Å². The second-order valence-electron chi connectivity index (χ2n) is 6.39. The highest BCUT2D eigenvalue weighted by Crippen LogP contribution is 2.29. The Balaban J connectivity index is 1.63. The van der Waals surface area contributed by atoms with Gasteiger partial charge in [0.25, 0.3) is 0 Å². The van der Waals surface area contributed by atoms with E-state index in [9.17, 15) is 4.39 Å². The normalized spacial score (nSPS) is 11.4. The summed E-state index contributed by atoms with van der Waals surface area (Å²) in [5.74, 6) is 0.296. The van der Waals surface area contributed by atoms with Crippen LogP contribution < -0.4 is 10.5 Å². The van der Waals surface area contributed by atoms with Gasteiger partial charge in [-0.15, -0.1) is 0 Å². The van der Waals surface area contributed by atoms with Gasteiger partial charge >= 0.3 is 0 Å². The number of anilines is 1. The minimum Gasteiger partial charge on any atom is -0.497 e. The smallest absolute Gasteiger partial charge is 0.180 e. The van der Waals surface area contributed by atoms with Gasteiger partial charge in [0, 0.05) is 35.0 Å². The van der Waals surface area contributed by atoms with E-state index in [-0.39, 0.29) is 5.82 Å². The van der Waals surface area contributed by atoms with E-state index >= 15 is 0 Å². The number of nitrogens with two attached hydrogens (primary N) is 1. The lowest BCUT2D eigenvalue weighted by Crippen LogP contribution is -1.98. The van der Waals surface area contributed by atoms with Crippen molar-refractivity contribution in [2.75, 3.05) is 12.8 Å². The van der Waals surface area contributed by atoms with Gasteiger partial charge < -0.3 is 14.9 Å². The summed E-state index contributed by atoms with van der Waals surface area (Å²) >= 11 is 0. The average molecular weight is 374 g/mol. The van der Waals surface area contributed by atoms with E-state index in [4.69, 9.17) is 10.5 Å². The van der Waals surface area contributed by atoms with Crippen molar-refractivity contribution in [3.63, 3.8) is 0 Å². The van der Waals surface area contributed by atoms with Crippen LogP contribution in [0.2, 0.25) is 0 Å². The number of hydrogen-bond donors (Lipinski definition) is 2. The Bertz CT molecular complexity index is 1340. The van der Waals surface area contributed by atoms with Crippen molar-refractivity contribution in [1.82, 2.24) is 24.6 Å². The zero-order valence-corrected chi connectivity index (χ0v) is 14.8. The molecule has 0 amide bonds. The van der Waals surface area contributed by atoms with Crippen molar-refractivity contribution in [2.24, 2.45) is 0 Å². The Labute approximate surface area is 158 Å². The number of benzene rings is 2. The molecule has 0 saturated heterocycles. The molecule has 3 aromatic heterocycles. The largest absolute Gasteiger partial charge is 0.497 e. The highest BCUT2D eigenvalue weighted by atomic mass is 19.1. The van der Waals surface area contributed by atoms with Crippen molar-refractivity contribution >= 4 is 22.4 Å². The molecule has 5 rings (SSSR count). The summed E-state index contributed by atoms with van der Waals surface area (Å²) < 4.78 is 21.2. The second kappa shape index (κ2) is 6.05. The molecule has 28 heavy (non-hydrogen) atoms. The topological polar surface area (TPSA) is 94.1 Å². The van der Waals surface area contributed by atoms with Gasteiger partial charge in [-0.25, -0.2) is 14.4 Å². The number of H-pyrrole nitrogens is 1. The summed E-state index contributed by atoms with van der Waals surface area (Å²) in [6.45, 7) is 0. The van der Waals surface area contributed by atoms with Crippen molar-refractivity contribution < 1.29 is 9.13 Å². The predicted octanol–water partition coefficient (Wildman–Crippen LogP) is 3.67. The Kier molecular flexibility index (Phi) is 3.51. The molecule has 0 spiro atoms. The number of aromatic nitrogens is 5. The molecule has 2 aromatic carbocycles. The van der Waals surface area contributed by atoms with E-state index < -0.39 is 5.82 Å². The Morgan fingerprint density at radius 3 is 2.75 bits per heavy atom. The molecule has 0 aliphatic carbocycles. The SMILES string of the molecule is COc1ccc(-c2cn3cc(-c4ccc5cn[nH]c5c4)nc(N)c3n2)c(F)c1. The zero-order chi connectivity index (χ0) is 19.3. The first-order valence-electron chi connectivity index (χ1n) is 8.55. The van der Waals surface area contributed by atoms with E-state index in [2.05, 4.69) is 20.2 Å². The number of methoxy groups -OCH3 is 1. The van der Waals surface area contributed by atoms with E-state index in [0.717, 1.165) is 16.5 Å². The first kappa shape index (κ1) is 16.2.